The highest BCUT2D eigenvalue weighted by Gasteiger charge is 2.42. The molecule has 6 nitrogen and oxygen atoms in total. The zero-order chi connectivity index (χ0) is 22.1. The van der Waals surface area contributed by atoms with E-state index in [-0.39, 0.29) is 0 Å². The summed E-state index contributed by atoms with van der Waals surface area (Å²) in [5, 5.41) is 4.86. The highest BCUT2D eigenvalue weighted by molar-refractivity contribution is 7.90. The first-order valence-electron chi connectivity index (χ1n) is 9.02. The lowest BCUT2D eigenvalue weighted by atomic mass is 10.2. The predicted molar refractivity (Wildman–Crippen MR) is 109 cm³/mol. The Bertz CT molecular complexity index is 823. The number of hydrogen-bond acceptors (Lipinski definition) is 5. The molecule has 1 aromatic carbocycles. The Labute approximate surface area is 169 Å². The summed E-state index contributed by atoms with van der Waals surface area (Å²) in [7, 11) is -3.22. The van der Waals surface area contributed by atoms with E-state index >= 15 is 0 Å². The van der Waals surface area contributed by atoms with Gasteiger partial charge in [0, 0.05) is 37.6 Å². The SMILES string of the molecule is CCCCN1C=CN(C)C1C.NS(=O)(=O)C(F)(F)F.c1ccc2ncccc2c1. The number of unbranched alkanes of at least 4 members (excludes halogenated alkanes) is 1. The number of halogens is 3. The first kappa shape index (κ1) is 24.7. The van der Waals surface area contributed by atoms with E-state index in [9.17, 15) is 21.6 Å². The van der Waals surface area contributed by atoms with Crippen LogP contribution in [0.3, 0.4) is 0 Å². The molecule has 3 rings (SSSR count). The molecule has 1 unspecified atom stereocenters. The van der Waals surface area contributed by atoms with Crippen molar-refractivity contribution in [1.82, 2.24) is 14.8 Å². The van der Waals surface area contributed by atoms with Crippen molar-refractivity contribution < 1.29 is 21.6 Å². The summed E-state index contributed by atoms with van der Waals surface area (Å²) >= 11 is 0. The summed E-state index contributed by atoms with van der Waals surface area (Å²) in [6.07, 6.45) is 9.26. The minimum absolute atomic E-state index is 0.557. The second-order valence-corrected chi connectivity index (χ2v) is 7.93. The molecule has 0 saturated heterocycles. The van der Waals surface area contributed by atoms with E-state index in [0.717, 1.165) is 5.52 Å². The van der Waals surface area contributed by atoms with Crippen molar-refractivity contribution >= 4 is 20.9 Å². The fourth-order valence-corrected chi connectivity index (χ4v) is 2.29. The molecule has 2 aromatic rings. The largest absolute Gasteiger partial charge is 0.511 e. The zero-order valence-electron chi connectivity index (χ0n) is 16.7. The fraction of sp³-hybridized carbons (Fsp3) is 0.421. The summed E-state index contributed by atoms with van der Waals surface area (Å²) in [6.45, 7) is 5.66. The Balaban J connectivity index is 0.000000221. The molecule has 0 spiro atoms. The van der Waals surface area contributed by atoms with E-state index in [1.165, 1.54) is 24.8 Å². The van der Waals surface area contributed by atoms with E-state index < -0.39 is 15.5 Å². The van der Waals surface area contributed by atoms with Gasteiger partial charge in [0.25, 0.3) is 0 Å². The molecule has 1 atom stereocenters. The van der Waals surface area contributed by atoms with Crippen molar-refractivity contribution in [2.45, 2.75) is 38.4 Å². The second kappa shape index (κ2) is 11.0. The van der Waals surface area contributed by atoms with Gasteiger partial charge in [-0.25, -0.2) is 13.6 Å². The number of aromatic nitrogens is 1. The van der Waals surface area contributed by atoms with Gasteiger partial charge in [0.2, 0.25) is 0 Å². The van der Waals surface area contributed by atoms with Crippen molar-refractivity contribution in [3.8, 4) is 0 Å². The average Bonchev–Trinajstić information content (AvgIpc) is 2.98. The van der Waals surface area contributed by atoms with Crippen LogP contribution in [0.5, 0.6) is 0 Å². The maximum Gasteiger partial charge on any atom is 0.511 e. The third-order valence-electron chi connectivity index (χ3n) is 4.17. The molecular formula is C19H27F3N4O2S. The summed E-state index contributed by atoms with van der Waals surface area (Å²) in [5.74, 6) is 0. The molecule has 10 heteroatoms. The lowest BCUT2D eigenvalue weighted by Crippen LogP contribution is -2.33. The lowest BCUT2D eigenvalue weighted by Gasteiger charge is -2.26. The molecule has 0 radical (unpaired) electrons. The highest BCUT2D eigenvalue weighted by atomic mass is 32.2. The maximum absolute atomic E-state index is 10.8. The van der Waals surface area contributed by atoms with Gasteiger partial charge in [-0.15, -0.1) is 0 Å². The number of benzene rings is 1. The zero-order valence-corrected chi connectivity index (χ0v) is 17.5. The second-order valence-electron chi connectivity index (χ2n) is 6.37. The quantitative estimate of drug-likeness (QED) is 0.796. The standard InChI is InChI=1S/C9H18N2.C9H7N.CH2F3NO2S/c1-4-5-6-11-8-7-10(3)9(11)2;1-2-6-9-8(4-1)5-3-7-10-9;2-1(3,4)8(5,6)7/h7-9H,4-6H2,1-3H3;1-7H;(H2,5,6,7). The monoisotopic (exact) mass is 432 g/mol. The van der Waals surface area contributed by atoms with Crippen molar-refractivity contribution in [1.29, 1.82) is 0 Å². The van der Waals surface area contributed by atoms with Crippen molar-refractivity contribution in [3.05, 3.63) is 55.0 Å². The number of primary sulfonamides is 1. The average molecular weight is 433 g/mol. The fourth-order valence-electron chi connectivity index (χ4n) is 2.29. The van der Waals surface area contributed by atoms with E-state index in [0.29, 0.717) is 6.17 Å². The molecule has 1 aromatic heterocycles. The van der Waals surface area contributed by atoms with Gasteiger partial charge in [0.05, 0.1) is 11.7 Å². The number of pyridine rings is 1. The number of fused-ring (bicyclic) bond motifs is 1. The molecular weight excluding hydrogens is 405 g/mol. The van der Waals surface area contributed by atoms with Crippen LogP contribution in [0.1, 0.15) is 26.7 Å². The maximum atomic E-state index is 10.8. The van der Waals surface area contributed by atoms with Crippen LogP contribution in [-0.2, 0) is 10.0 Å². The van der Waals surface area contributed by atoms with Crippen LogP contribution in [0.25, 0.3) is 10.9 Å². The molecule has 1 aliphatic rings. The Kier molecular flexibility index (Phi) is 9.38. The Morgan fingerprint density at radius 3 is 2.21 bits per heavy atom. The summed E-state index contributed by atoms with van der Waals surface area (Å²) < 4.78 is 51.2. The lowest BCUT2D eigenvalue weighted by molar-refractivity contribution is -0.0436. The van der Waals surface area contributed by atoms with Crippen molar-refractivity contribution in [2.24, 2.45) is 5.14 Å². The number of para-hydroxylation sites is 1. The first-order chi connectivity index (χ1) is 13.5. The third-order valence-corrected chi connectivity index (χ3v) is 4.81. The molecule has 0 bridgehead atoms. The molecule has 0 aliphatic carbocycles. The molecule has 29 heavy (non-hydrogen) atoms. The highest BCUT2D eigenvalue weighted by Crippen LogP contribution is 2.18. The third kappa shape index (κ3) is 8.28. The van der Waals surface area contributed by atoms with Crippen LogP contribution in [0, 0.1) is 0 Å². The van der Waals surface area contributed by atoms with E-state index in [1.807, 2.05) is 30.5 Å². The van der Waals surface area contributed by atoms with Crippen LogP contribution in [-0.4, -0.2) is 48.5 Å². The van der Waals surface area contributed by atoms with Crippen LogP contribution < -0.4 is 5.14 Å². The number of sulfonamides is 1. The van der Waals surface area contributed by atoms with Gasteiger partial charge in [-0.1, -0.05) is 37.6 Å². The van der Waals surface area contributed by atoms with Crippen LogP contribution in [0.15, 0.2) is 55.0 Å². The molecule has 2 heterocycles. The number of alkyl halides is 3. The minimum atomic E-state index is -5.34. The summed E-state index contributed by atoms with van der Waals surface area (Å²) in [5.41, 5.74) is -4.25. The van der Waals surface area contributed by atoms with E-state index in [4.69, 9.17) is 0 Å². The minimum Gasteiger partial charge on any atom is -0.359 e. The van der Waals surface area contributed by atoms with Gasteiger partial charge < -0.3 is 9.80 Å². The van der Waals surface area contributed by atoms with Gasteiger partial charge in [-0.2, -0.15) is 13.2 Å². The van der Waals surface area contributed by atoms with Gasteiger partial charge in [-0.05, 0) is 25.5 Å². The number of nitrogens with zero attached hydrogens (tertiary/aromatic N) is 3. The van der Waals surface area contributed by atoms with Gasteiger partial charge in [-0.3, -0.25) is 4.98 Å². The predicted octanol–water partition coefficient (Wildman–Crippen LogP) is 3.88. The molecule has 2 N–H and O–H groups in total. The van der Waals surface area contributed by atoms with Crippen molar-refractivity contribution in [3.63, 3.8) is 0 Å². The smallest absolute Gasteiger partial charge is 0.359 e. The number of rotatable bonds is 3. The summed E-state index contributed by atoms with van der Waals surface area (Å²) in [6, 6.07) is 12.1. The van der Waals surface area contributed by atoms with Gasteiger partial charge >= 0.3 is 15.5 Å². The van der Waals surface area contributed by atoms with Gasteiger partial charge in [0.15, 0.2) is 0 Å². The molecule has 0 amide bonds. The molecule has 0 fully saturated rings. The van der Waals surface area contributed by atoms with E-state index in [2.05, 4.69) is 65.4 Å². The molecule has 0 saturated carbocycles. The first-order valence-corrected chi connectivity index (χ1v) is 10.6. The number of nitrogens with two attached hydrogens (primary N) is 1. The van der Waals surface area contributed by atoms with E-state index in [1.54, 1.807) is 0 Å². The molecule has 1 aliphatic heterocycles. The Morgan fingerprint density at radius 1 is 1.14 bits per heavy atom. The van der Waals surface area contributed by atoms with Crippen LogP contribution >= 0.6 is 0 Å². The number of hydrogen-bond donors (Lipinski definition) is 1. The van der Waals surface area contributed by atoms with Crippen LogP contribution in [0.4, 0.5) is 13.2 Å². The Morgan fingerprint density at radius 2 is 1.72 bits per heavy atom. The van der Waals surface area contributed by atoms with Gasteiger partial charge in [0.1, 0.15) is 0 Å². The normalized spacial score (nSPS) is 16.2. The molecule has 162 valence electrons. The van der Waals surface area contributed by atoms with Crippen molar-refractivity contribution in [2.75, 3.05) is 13.6 Å². The summed E-state index contributed by atoms with van der Waals surface area (Å²) in [4.78, 5) is 8.79. The topological polar surface area (TPSA) is 79.5 Å². The Hall–Kier alpha value is -2.33. The van der Waals surface area contributed by atoms with Crippen LogP contribution in [0.2, 0.25) is 0 Å².